The molecule has 0 saturated heterocycles. The van der Waals surface area contributed by atoms with Crippen molar-refractivity contribution < 1.29 is 9.59 Å². The Labute approximate surface area is 164 Å². The number of benzene rings is 1. The fourth-order valence-corrected chi connectivity index (χ4v) is 6.12. The fraction of sp³-hybridized carbons (Fsp3) is 0.455. The maximum Gasteiger partial charge on any atom is 0.251 e. The lowest BCUT2D eigenvalue weighted by Gasteiger charge is -2.28. The number of carbonyl (C=O) groups excluding carboxylic acids is 2. The summed E-state index contributed by atoms with van der Waals surface area (Å²) in [5.74, 6) is 0.170. The topological polar surface area (TPSA) is 72.2 Å². The molecule has 0 radical (unpaired) electrons. The predicted octanol–water partition coefficient (Wildman–Crippen LogP) is 4.42. The molecule has 3 N–H and O–H groups in total. The molecule has 27 heavy (non-hydrogen) atoms. The highest BCUT2D eigenvalue weighted by atomic mass is 32.1. The average Bonchev–Trinajstić information content (AvgIpc) is 3.27. The first-order valence-corrected chi connectivity index (χ1v) is 10.6. The molecule has 1 unspecified atom stereocenters. The number of carbonyl (C=O) groups is 2. The predicted molar refractivity (Wildman–Crippen MR) is 109 cm³/mol. The Balaban J connectivity index is 1.69. The van der Waals surface area contributed by atoms with Gasteiger partial charge in [-0.25, -0.2) is 0 Å². The lowest BCUT2D eigenvalue weighted by molar-refractivity contribution is -0.121. The van der Waals surface area contributed by atoms with Crippen LogP contribution in [0.2, 0.25) is 0 Å². The van der Waals surface area contributed by atoms with E-state index < -0.39 is 11.3 Å². The van der Waals surface area contributed by atoms with E-state index in [9.17, 15) is 9.59 Å². The molecular formula is C22H26N2O2S. The van der Waals surface area contributed by atoms with Gasteiger partial charge in [-0.1, -0.05) is 50.1 Å². The molecule has 2 aliphatic carbocycles. The molecular weight excluding hydrogens is 356 g/mol. The zero-order valence-corrected chi connectivity index (χ0v) is 16.5. The molecule has 4 rings (SSSR count). The van der Waals surface area contributed by atoms with Crippen molar-refractivity contribution in [2.24, 2.45) is 11.7 Å². The molecule has 1 aromatic heterocycles. The van der Waals surface area contributed by atoms with Crippen LogP contribution in [0.1, 0.15) is 65.4 Å². The van der Waals surface area contributed by atoms with Gasteiger partial charge in [0.2, 0.25) is 5.91 Å². The van der Waals surface area contributed by atoms with Gasteiger partial charge in [0, 0.05) is 4.88 Å². The first-order valence-electron chi connectivity index (χ1n) is 9.82. The first kappa shape index (κ1) is 18.2. The third kappa shape index (κ3) is 3.18. The molecule has 0 spiro atoms. The number of hydrogen-bond acceptors (Lipinski definition) is 3. The minimum absolute atomic E-state index is 0.000320. The molecule has 1 aromatic carbocycles. The molecule has 5 heteroatoms. The number of primary amides is 1. The summed E-state index contributed by atoms with van der Waals surface area (Å²) >= 11 is 1.54. The van der Waals surface area contributed by atoms with Gasteiger partial charge in [-0.3, -0.25) is 9.59 Å². The minimum Gasteiger partial charge on any atom is -0.365 e. The van der Waals surface area contributed by atoms with Gasteiger partial charge in [0.1, 0.15) is 5.00 Å². The standard InChI is InChI=1S/C22H26N2O2S/c1-14-9-10-16-17(13-14)27-20(18(16)19(23)25)24-21(26)22(11-5-6-12-22)15-7-3-2-4-8-15/h2-4,7-8,14H,5-6,9-13H2,1H3,(H2,23,25)(H,24,26). The Morgan fingerprint density at radius 1 is 1.19 bits per heavy atom. The van der Waals surface area contributed by atoms with Crippen LogP contribution >= 0.6 is 11.3 Å². The summed E-state index contributed by atoms with van der Waals surface area (Å²) in [5.41, 5.74) is 7.86. The van der Waals surface area contributed by atoms with Crippen LogP contribution in [0.5, 0.6) is 0 Å². The number of thiophene rings is 1. The number of fused-ring (bicyclic) bond motifs is 1. The smallest absolute Gasteiger partial charge is 0.251 e. The van der Waals surface area contributed by atoms with Crippen LogP contribution in [0, 0.1) is 5.92 Å². The highest BCUT2D eigenvalue weighted by molar-refractivity contribution is 7.17. The van der Waals surface area contributed by atoms with Gasteiger partial charge in [0.15, 0.2) is 0 Å². The molecule has 1 heterocycles. The average molecular weight is 383 g/mol. The Bertz CT molecular complexity index is 866. The molecule has 2 aromatic rings. The monoisotopic (exact) mass is 382 g/mol. The van der Waals surface area contributed by atoms with Crippen molar-refractivity contribution in [2.45, 2.75) is 57.3 Å². The third-order valence-electron chi connectivity index (χ3n) is 6.20. The van der Waals surface area contributed by atoms with E-state index in [1.165, 1.54) is 4.88 Å². The normalized spacial score (nSPS) is 20.9. The number of nitrogens with two attached hydrogens (primary N) is 1. The van der Waals surface area contributed by atoms with Crippen molar-refractivity contribution in [3.8, 4) is 0 Å². The summed E-state index contributed by atoms with van der Waals surface area (Å²) in [6.07, 6.45) is 6.66. The molecule has 4 nitrogen and oxygen atoms in total. The summed E-state index contributed by atoms with van der Waals surface area (Å²) in [7, 11) is 0. The quantitative estimate of drug-likeness (QED) is 0.821. The second-order valence-electron chi connectivity index (χ2n) is 8.03. The Morgan fingerprint density at radius 2 is 1.89 bits per heavy atom. The molecule has 142 valence electrons. The van der Waals surface area contributed by atoms with Gasteiger partial charge < -0.3 is 11.1 Å². The molecule has 1 fully saturated rings. The van der Waals surface area contributed by atoms with Gasteiger partial charge in [-0.05, 0) is 49.1 Å². The van der Waals surface area contributed by atoms with E-state index >= 15 is 0 Å². The number of rotatable bonds is 4. The maximum atomic E-state index is 13.4. The SMILES string of the molecule is CC1CCc2c(sc(NC(=O)C3(c4ccccc4)CCCC3)c2C(N)=O)C1. The summed E-state index contributed by atoms with van der Waals surface area (Å²) < 4.78 is 0. The lowest BCUT2D eigenvalue weighted by Crippen LogP contribution is -2.38. The molecule has 1 atom stereocenters. The second-order valence-corrected chi connectivity index (χ2v) is 9.13. The first-order chi connectivity index (χ1) is 13.0. The highest BCUT2D eigenvalue weighted by Crippen LogP contribution is 2.44. The fourth-order valence-electron chi connectivity index (χ4n) is 4.70. The van der Waals surface area contributed by atoms with Gasteiger partial charge in [0.25, 0.3) is 5.91 Å². The third-order valence-corrected chi connectivity index (χ3v) is 7.37. The highest BCUT2D eigenvalue weighted by Gasteiger charge is 2.43. The molecule has 2 amide bonds. The Kier molecular flexibility index (Phi) is 4.81. The summed E-state index contributed by atoms with van der Waals surface area (Å²) in [5, 5.41) is 3.77. The van der Waals surface area contributed by atoms with Gasteiger partial charge in [-0.15, -0.1) is 11.3 Å². The van der Waals surface area contributed by atoms with E-state index in [4.69, 9.17) is 5.73 Å². The van der Waals surface area contributed by atoms with Gasteiger partial charge in [-0.2, -0.15) is 0 Å². The zero-order chi connectivity index (χ0) is 19.0. The van der Waals surface area contributed by atoms with Crippen molar-refractivity contribution in [3.05, 3.63) is 51.9 Å². The lowest BCUT2D eigenvalue weighted by atomic mass is 9.78. The summed E-state index contributed by atoms with van der Waals surface area (Å²) in [4.78, 5) is 26.8. The van der Waals surface area contributed by atoms with E-state index in [2.05, 4.69) is 12.2 Å². The number of hydrogen-bond donors (Lipinski definition) is 2. The molecule has 2 aliphatic rings. The number of amides is 2. The van der Waals surface area contributed by atoms with Crippen LogP contribution in [0.25, 0.3) is 0 Å². The van der Waals surface area contributed by atoms with Crippen molar-refractivity contribution in [1.82, 2.24) is 0 Å². The van der Waals surface area contributed by atoms with Gasteiger partial charge >= 0.3 is 0 Å². The van der Waals surface area contributed by atoms with Gasteiger partial charge in [0.05, 0.1) is 11.0 Å². The van der Waals surface area contributed by atoms with E-state index in [1.54, 1.807) is 11.3 Å². The van der Waals surface area contributed by atoms with Crippen LogP contribution in [-0.2, 0) is 23.1 Å². The molecule has 1 saturated carbocycles. The van der Waals surface area contributed by atoms with Crippen LogP contribution in [0.15, 0.2) is 30.3 Å². The zero-order valence-electron chi connectivity index (χ0n) is 15.7. The summed E-state index contributed by atoms with van der Waals surface area (Å²) in [6.45, 7) is 2.23. The van der Waals surface area contributed by atoms with Crippen LogP contribution in [-0.4, -0.2) is 11.8 Å². The van der Waals surface area contributed by atoms with E-state index in [0.29, 0.717) is 16.5 Å². The second kappa shape index (κ2) is 7.12. The van der Waals surface area contributed by atoms with Crippen molar-refractivity contribution in [1.29, 1.82) is 0 Å². The van der Waals surface area contributed by atoms with Crippen molar-refractivity contribution in [2.75, 3.05) is 5.32 Å². The van der Waals surface area contributed by atoms with E-state index in [0.717, 1.165) is 56.1 Å². The number of nitrogens with one attached hydrogen (secondary N) is 1. The van der Waals surface area contributed by atoms with Crippen LogP contribution in [0.3, 0.4) is 0 Å². The Morgan fingerprint density at radius 3 is 2.56 bits per heavy atom. The largest absolute Gasteiger partial charge is 0.365 e. The minimum atomic E-state index is -0.506. The van der Waals surface area contributed by atoms with Crippen LogP contribution in [0.4, 0.5) is 5.00 Å². The van der Waals surface area contributed by atoms with Crippen LogP contribution < -0.4 is 11.1 Å². The molecule has 0 bridgehead atoms. The summed E-state index contributed by atoms with van der Waals surface area (Å²) in [6, 6.07) is 10.0. The Hall–Kier alpha value is -2.14. The number of anilines is 1. The van der Waals surface area contributed by atoms with E-state index in [1.807, 2.05) is 30.3 Å². The maximum absolute atomic E-state index is 13.4. The van der Waals surface area contributed by atoms with E-state index in [-0.39, 0.29) is 5.91 Å². The van der Waals surface area contributed by atoms with Crippen molar-refractivity contribution in [3.63, 3.8) is 0 Å². The van der Waals surface area contributed by atoms with Crippen molar-refractivity contribution >= 4 is 28.2 Å². The molecule has 0 aliphatic heterocycles.